The number of nitrogens with zero attached hydrogens (tertiary/aromatic N) is 1. The van der Waals surface area contributed by atoms with Crippen molar-refractivity contribution < 1.29 is 14.2 Å². The summed E-state index contributed by atoms with van der Waals surface area (Å²) in [6.45, 7) is 8.98. The molecule has 5 heteroatoms. The normalized spacial score (nSPS) is 17.4. The van der Waals surface area contributed by atoms with Gasteiger partial charge in [-0.05, 0) is 19.9 Å². The average molecular weight is 282 g/mol. The maximum atomic E-state index is 13.2. The maximum Gasteiger partial charge on any atom is 0.165 e. The van der Waals surface area contributed by atoms with Crippen LogP contribution < -0.4 is 5.32 Å². The fraction of sp³-hybridized carbons (Fsp3) is 0.600. The first-order valence-electron chi connectivity index (χ1n) is 7.00. The lowest BCUT2D eigenvalue weighted by Gasteiger charge is -2.41. The molecule has 0 atom stereocenters. The Morgan fingerprint density at radius 1 is 1.35 bits per heavy atom. The molecule has 1 aromatic carbocycles. The summed E-state index contributed by atoms with van der Waals surface area (Å²) >= 11 is 0. The minimum atomic E-state index is -0.572. The first-order valence-corrected chi connectivity index (χ1v) is 7.00. The van der Waals surface area contributed by atoms with Crippen LogP contribution >= 0.6 is 0 Å². The van der Waals surface area contributed by atoms with Crippen LogP contribution in [-0.4, -0.2) is 48.4 Å². The van der Waals surface area contributed by atoms with Gasteiger partial charge in [-0.2, -0.15) is 0 Å². The molecule has 2 rings (SSSR count). The summed E-state index contributed by atoms with van der Waals surface area (Å²) in [6.07, 6.45) is 0. The van der Waals surface area contributed by atoms with Crippen molar-refractivity contribution in [2.45, 2.75) is 25.9 Å². The molecule has 0 spiro atoms. The number of para-hydroxylation sites is 1. The summed E-state index contributed by atoms with van der Waals surface area (Å²) in [5.74, 6) is -0.832. The van der Waals surface area contributed by atoms with E-state index in [1.165, 1.54) is 6.07 Å². The molecule has 4 nitrogen and oxygen atoms in total. The first-order chi connectivity index (χ1) is 9.50. The van der Waals surface area contributed by atoms with E-state index >= 15 is 0 Å². The summed E-state index contributed by atoms with van der Waals surface area (Å²) in [5, 5.41) is 12.9. The molecule has 1 saturated heterocycles. The zero-order chi connectivity index (χ0) is 14.6. The van der Waals surface area contributed by atoms with Gasteiger partial charge in [0, 0.05) is 37.3 Å². The fourth-order valence-electron chi connectivity index (χ4n) is 2.49. The van der Waals surface area contributed by atoms with Crippen LogP contribution in [0.1, 0.15) is 19.4 Å². The molecule has 112 valence electrons. The number of halogens is 1. The molecule has 1 aliphatic rings. The standard InChI is InChI=1S/C15H23FN2O2/c1-15(2,18-6-8-20-9-7-18)11-17-10-12-4-3-5-13(16)14(12)19/h3-5,17,19H,6-11H2,1-2H3. The van der Waals surface area contributed by atoms with Crippen LogP contribution in [0.2, 0.25) is 0 Å². The molecule has 0 radical (unpaired) electrons. The van der Waals surface area contributed by atoms with Gasteiger partial charge < -0.3 is 15.2 Å². The molecule has 1 aromatic rings. The highest BCUT2D eigenvalue weighted by atomic mass is 19.1. The number of phenols is 1. The maximum absolute atomic E-state index is 13.2. The van der Waals surface area contributed by atoms with Crippen molar-refractivity contribution in [2.75, 3.05) is 32.8 Å². The van der Waals surface area contributed by atoms with Crippen LogP contribution in [0.4, 0.5) is 4.39 Å². The van der Waals surface area contributed by atoms with Crippen LogP contribution in [0, 0.1) is 5.82 Å². The third kappa shape index (κ3) is 3.69. The Morgan fingerprint density at radius 2 is 2.05 bits per heavy atom. The Labute approximate surface area is 119 Å². The monoisotopic (exact) mass is 282 g/mol. The second-order valence-electron chi connectivity index (χ2n) is 5.76. The number of morpholine rings is 1. The molecule has 0 aromatic heterocycles. The Balaban J connectivity index is 1.86. The summed E-state index contributed by atoms with van der Waals surface area (Å²) in [5.41, 5.74) is 0.593. The Hall–Kier alpha value is -1.17. The van der Waals surface area contributed by atoms with Crippen LogP contribution in [-0.2, 0) is 11.3 Å². The van der Waals surface area contributed by atoms with Crippen LogP contribution in [0.5, 0.6) is 5.75 Å². The molecule has 0 saturated carbocycles. The van der Waals surface area contributed by atoms with Crippen molar-refractivity contribution >= 4 is 0 Å². The Bertz CT molecular complexity index is 445. The summed E-state index contributed by atoms with van der Waals surface area (Å²) in [4.78, 5) is 2.38. The van der Waals surface area contributed by atoms with E-state index in [1.54, 1.807) is 12.1 Å². The van der Waals surface area contributed by atoms with Gasteiger partial charge in [0.2, 0.25) is 0 Å². The van der Waals surface area contributed by atoms with Gasteiger partial charge in [0.25, 0.3) is 0 Å². The van der Waals surface area contributed by atoms with Gasteiger partial charge in [-0.25, -0.2) is 4.39 Å². The van der Waals surface area contributed by atoms with Gasteiger partial charge in [0.1, 0.15) is 0 Å². The predicted molar refractivity (Wildman–Crippen MR) is 76.2 cm³/mol. The lowest BCUT2D eigenvalue weighted by molar-refractivity contribution is -0.00968. The van der Waals surface area contributed by atoms with Gasteiger partial charge >= 0.3 is 0 Å². The van der Waals surface area contributed by atoms with Gasteiger partial charge in [-0.15, -0.1) is 0 Å². The zero-order valence-corrected chi connectivity index (χ0v) is 12.2. The smallest absolute Gasteiger partial charge is 0.165 e. The van der Waals surface area contributed by atoms with E-state index in [0.717, 1.165) is 32.8 Å². The second kappa shape index (κ2) is 6.52. The zero-order valence-electron chi connectivity index (χ0n) is 12.2. The van der Waals surface area contributed by atoms with Crippen molar-refractivity contribution in [1.82, 2.24) is 10.2 Å². The molecule has 0 aliphatic carbocycles. The van der Waals surface area contributed by atoms with E-state index in [-0.39, 0.29) is 11.3 Å². The lowest BCUT2D eigenvalue weighted by Crippen LogP contribution is -2.54. The molecule has 0 amide bonds. The highest BCUT2D eigenvalue weighted by Crippen LogP contribution is 2.21. The van der Waals surface area contributed by atoms with E-state index in [4.69, 9.17) is 4.74 Å². The van der Waals surface area contributed by atoms with Crippen molar-refractivity contribution in [3.05, 3.63) is 29.6 Å². The summed E-state index contributed by atoms with van der Waals surface area (Å²) in [6, 6.07) is 4.60. The number of phenolic OH excluding ortho intramolecular Hbond substituents is 1. The number of nitrogens with one attached hydrogen (secondary N) is 1. The Morgan fingerprint density at radius 3 is 2.75 bits per heavy atom. The van der Waals surface area contributed by atoms with Gasteiger partial charge in [0.15, 0.2) is 11.6 Å². The quantitative estimate of drug-likeness (QED) is 0.863. The summed E-state index contributed by atoms with van der Waals surface area (Å²) < 4.78 is 18.6. The summed E-state index contributed by atoms with van der Waals surface area (Å²) in [7, 11) is 0. The van der Waals surface area contributed by atoms with Crippen molar-refractivity contribution in [3.63, 3.8) is 0 Å². The van der Waals surface area contributed by atoms with Crippen LogP contribution in [0.15, 0.2) is 18.2 Å². The molecular formula is C15H23FN2O2. The Kier molecular flexibility index (Phi) is 4.96. The van der Waals surface area contributed by atoms with Gasteiger partial charge in [-0.3, -0.25) is 4.90 Å². The van der Waals surface area contributed by atoms with Gasteiger partial charge in [0.05, 0.1) is 13.2 Å². The van der Waals surface area contributed by atoms with Crippen LogP contribution in [0.3, 0.4) is 0 Å². The molecular weight excluding hydrogens is 259 g/mol. The second-order valence-corrected chi connectivity index (χ2v) is 5.76. The number of hydrogen-bond acceptors (Lipinski definition) is 4. The largest absolute Gasteiger partial charge is 0.505 e. The molecule has 1 aliphatic heterocycles. The van der Waals surface area contributed by atoms with Gasteiger partial charge in [-0.1, -0.05) is 12.1 Å². The number of hydrogen-bond donors (Lipinski definition) is 2. The van der Waals surface area contributed by atoms with E-state index in [9.17, 15) is 9.50 Å². The van der Waals surface area contributed by atoms with Crippen LogP contribution in [0.25, 0.3) is 0 Å². The number of aromatic hydroxyl groups is 1. The minimum Gasteiger partial charge on any atom is -0.505 e. The number of ether oxygens (including phenoxy) is 1. The number of benzene rings is 1. The topological polar surface area (TPSA) is 44.7 Å². The molecule has 1 heterocycles. The van der Waals surface area contributed by atoms with E-state index in [2.05, 4.69) is 24.1 Å². The van der Waals surface area contributed by atoms with E-state index in [1.807, 2.05) is 0 Å². The number of rotatable bonds is 5. The van der Waals surface area contributed by atoms with Crippen molar-refractivity contribution in [3.8, 4) is 5.75 Å². The minimum absolute atomic E-state index is 0.00667. The molecule has 2 N–H and O–H groups in total. The third-order valence-corrected chi connectivity index (χ3v) is 3.81. The van der Waals surface area contributed by atoms with Crippen molar-refractivity contribution in [1.29, 1.82) is 0 Å². The SMILES string of the molecule is CC(C)(CNCc1cccc(F)c1O)N1CCOCC1. The average Bonchev–Trinajstić information content (AvgIpc) is 2.44. The molecule has 20 heavy (non-hydrogen) atoms. The molecule has 1 fully saturated rings. The fourth-order valence-corrected chi connectivity index (χ4v) is 2.49. The predicted octanol–water partition coefficient (Wildman–Crippen LogP) is 1.73. The van der Waals surface area contributed by atoms with E-state index in [0.29, 0.717) is 12.1 Å². The highest BCUT2D eigenvalue weighted by molar-refractivity contribution is 5.33. The molecule has 0 unspecified atom stereocenters. The highest BCUT2D eigenvalue weighted by Gasteiger charge is 2.27. The van der Waals surface area contributed by atoms with E-state index < -0.39 is 5.82 Å². The molecule has 0 bridgehead atoms. The first kappa shape index (κ1) is 15.2. The third-order valence-electron chi connectivity index (χ3n) is 3.81. The lowest BCUT2D eigenvalue weighted by atomic mass is 10.0. The van der Waals surface area contributed by atoms with Crippen molar-refractivity contribution in [2.24, 2.45) is 0 Å².